The first kappa shape index (κ1) is 15.5. The Morgan fingerprint density at radius 2 is 1.92 bits per heavy atom. The van der Waals surface area contributed by atoms with E-state index >= 15 is 0 Å². The molecule has 4 rings (SSSR count). The van der Waals surface area contributed by atoms with Crippen LogP contribution in [0.2, 0.25) is 0 Å². The smallest absolute Gasteiger partial charge is 0.317 e. The molecule has 3 aliphatic rings. The van der Waals surface area contributed by atoms with Gasteiger partial charge in [0.25, 0.3) is 5.56 Å². The minimum atomic E-state index is -0.0812. The van der Waals surface area contributed by atoms with Crippen molar-refractivity contribution in [1.82, 2.24) is 14.8 Å². The van der Waals surface area contributed by atoms with Gasteiger partial charge in [-0.1, -0.05) is 19.3 Å². The van der Waals surface area contributed by atoms with Crippen molar-refractivity contribution in [3.63, 3.8) is 0 Å². The van der Waals surface area contributed by atoms with Crippen molar-refractivity contribution in [2.75, 3.05) is 18.8 Å². The Balaban J connectivity index is 1.49. The Bertz CT molecular complexity index is 693. The molecular formula is C18H26N4O2. The molecule has 0 aromatic carbocycles. The van der Waals surface area contributed by atoms with E-state index in [1.807, 2.05) is 15.5 Å². The van der Waals surface area contributed by atoms with Gasteiger partial charge in [-0.25, -0.2) is 4.79 Å². The predicted octanol–water partition coefficient (Wildman–Crippen LogP) is 1.89. The summed E-state index contributed by atoms with van der Waals surface area (Å²) >= 11 is 0. The van der Waals surface area contributed by atoms with Crippen molar-refractivity contribution in [1.29, 1.82) is 0 Å². The second-order valence-electron chi connectivity index (χ2n) is 7.62. The van der Waals surface area contributed by atoms with Gasteiger partial charge in [-0.3, -0.25) is 4.79 Å². The molecular weight excluding hydrogens is 304 g/mol. The summed E-state index contributed by atoms with van der Waals surface area (Å²) in [5.74, 6) is 0.579. The van der Waals surface area contributed by atoms with Crippen LogP contribution in [-0.4, -0.2) is 34.6 Å². The van der Waals surface area contributed by atoms with Crippen LogP contribution in [0.1, 0.15) is 50.1 Å². The SMILES string of the molecule is Nc1ccc2n(c1=O)C[C@H]1C[C@@H]2CN(C(=O)NC2CCCCC2)C1. The Morgan fingerprint density at radius 3 is 2.71 bits per heavy atom. The summed E-state index contributed by atoms with van der Waals surface area (Å²) in [4.78, 5) is 26.9. The number of carbonyl (C=O) groups excluding carboxylic acids is 1. The fourth-order valence-electron chi connectivity index (χ4n) is 4.64. The lowest BCUT2D eigenvalue weighted by Gasteiger charge is -2.43. The molecule has 0 spiro atoms. The van der Waals surface area contributed by atoms with Crippen molar-refractivity contribution in [3.05, 3.63) is 28.2 Å². The molecule has 1 saturated heterocycles. The number of piperidine rings is 1. The van der Waals surface area contributed by atoms with Crippen molar-refractivity contribution < 1.29 is 4.79 Å². The zero-order valence-corrected chi connectivity index (χ0v) is 14.0. The molecule has 3 N–H and O–H groups in total. The number of nitrogens with two attached hydrogens (primary N) is 1. The standard InChI is InChI=1S/C18H26N4O2/c19-15-6-7-16-13-8-12(10-22(16)17(15)23)9-21(11-13)18(24)20-14-4-2-1-3-5-14/h6-7,12-14H,1-5,8-11,19H2,(H,20,24)/t12-,13+/m0/s1. The van der Waals surface area contributed by atoms with Crippen LogP contribution >= 0.6 is 0 Å². The molecule has 1 saturated carbocycles. The van der Waals surface area contributed by atoms with E-state index in [2.05, 4.69) is 5.32 Å². The minimum Gasteiger partial charge on any atom is -0.394 e. The highest BCUT2D eigenvalue weighted by atomic mass is 16.2. The number of hydrogen-bond acceptors (Lipinski definition) is 3. The van der Waals surface area contributed by atoms with Crippen LogP contribution in [0, 0.1) is 5.92 Å². The van der Waals surface area contributed by atoms with Gasteiger partial charge in [0.1, 0.15) is 0 Å². The number of urea groups is 1. The monoisotopic (exact) mass is 330 g/mol. The van der Waals surface area contributed by atoms with Gasteiger partial charge in [0.2, 0.25) is 0 Å². The van der Waals surface area contributed by atoms with Crippen LogP contribution in [0.3, 0.4) is 0 Å². The molecule has 2 fully saturated rings. The quantitative estimate of drug-likeness (QED) is 0.825. The molecule has 0 unspecified atom stereocenters. The Kier molecular flexibility index (Phi) is 3.98. The van der Waals surface area contributed by atoms with Gasteiger partial charge in [0.15, 0.2) is 0 Å². The molecule has 6 heteroatoms. The van der Waals surface area contributed by atoms with E-state index in [1.54, 1.807) is 6.07 Å². The fraction of sp³-hybridized carbons (Fsp3) is 0.667. The molecule has 2 atom stereocenters. The van der Waals surface area contributed by atoms with Crippen molar-refractivity contribution in [2.24, 2.45) is 5.92 Å². The normalized spacial score (nSPS) is 26.8. The summed E-state index contributed by atoms with van der Waals surface area (Å²) in [5.41, 5.74) is 7.02. The van der Waals surface area contributed by atoms with Crippen LogP contribution in [0.4, 0.5) is 10.5 Å². The molecule has 130 valence electrons. The zero-order valence-electron chi connectivity index (χ0n) is 14.0. The predicted molar refractivity (Wildman–Crippen MR) is 92.9 cm³/mol. The molecule has 1 aliphatic carbocycles. The molecule has 24 heavy (non-hydrogen) atoms. The topological polar surface area (TPSA) is 80.4 Å². The number of amides is 2. The summed E-state index contributed by atoms with van der Waals surface area (Å²) in [6, 6.07) is 4.07. The van der Waals surface area contributed by atoms with Crippen molar-refractivity contribution >= 4 is 11.7 Å². The van der Waals surface area contributed by atoms with Crippen LogP contribution < -0.4 is 16.6 Å². The van der Waals surface area contributed by atoms with Crippen LogP contribution in [0.25, 0.3) is 0 Å². The maximum atomic E-state index is 12.7. The van der Waals surface area contributed by atoms with Crippen molar-refractivity contribution in [3.8, 4) is 0 Å². The molecule has 3 heterocycles. The average molecular weight is 330 g/mol. The van der Waals surface area contributed by atoms with Gasteiger partial charge in [-0.2, -0.15) is 0 Å². The van der Waals surface area contributed by atoms with Crippen molar-refractivity contribution in [2.45, 2.75) is 57.0 Å². The highest BCUT2D eigenvalue weighted by Crippen LogP contribution is 2.35. The largest absolute Gasteiger partial charge is 0.394 e. The first-order chi connectivity index (χ1) is 11.6. The number of nitrogens with zero attached hydrogens (tertiary/aromatic N) is 2. The van der Waals surface area contributed by atoms with E-state index in [0.717, 1.165) is 31.5 Å². The number of fused-ring (bicyclic) bond motifs is 4. The minimum absolute atomic E-state index is 0.0721. The number of carbonyl (C=O) groups is 1. The lowest BCUT2D eigenvalue weighted by atomic mass is 9.83. The molecule has 2 aliphatic heterocycles. The molecule has 1 aromatic heterocycles. The van der Waals surface area contributed by atoms with Gasteiger partial charge < -0.3 is 20.5 Å². The van der Waals surface area contributed by atoms with Gasteiger partial charge >= 0.3 is 6.03 Å². The number of rotatable bonds is 1. The number of pyridine rings is 1. The number of nitrogens with one attached hydrogen (secondary N) is 1. The van der Waals surface area contributed by atoms with Crippen LogP contribution in [0.15, 0.2) is 16.9 Å². The van der Waals surface area contributed by atoms with Gasteiger partial charge in [0.05, 0.1) is 5.69 Å². The summed E-state index contributed by atoms with van der Waals surface area (Å²) in [6.45, 7) is 2.09. The maximum absolute atomic E-state index is 12.7. The molecule has 6 nitrogen and oxygen atoms in total. The van der Waals surface area contributed by atoms with E-state index < -0.39 is 0 Å². The second-order valence-corrected chi connectivity index (χ2v) is 7.62. The molecule has 0 radical (unpaired) electrons. The third-order valence-electron chi connectivity index (χ3n) is 5.85. The number of hydrogen-bond donors (Lipinski definition) is 2. The average Bonchev–Trinajstić information content (AvgIpc) is 2.59. The van der Waals surface area contributed by atoms with Gasteiger partial charge in [0, 0.05) is 37.3 Å². The first-order valence-corrected chi connectivity index (χ1v) is 9.16. The second kappa shape index (κ2) is 6.15. The van der Waals surface area contributed by atoms with Crippen LogP contribution in [0.5, 0.6) is 0 Å². The first-order valence-electron chi connectivity index (χ1n) is 9.16. The summed E-state index contributed by atoms with van der Waals surface area (Å²) < 4.78 is 1.82. The summed E-state index contributed by atoms with van der Waals surface area (Å²) in [6.07, 6.45) is 6.97. The summed E-state index contributed by atoms with van der Waals surface area (Å²) in [7, 11) is 0. The van der Waals surface area contributed by atoms with E-state index in [0.29, 0.717) is 30.7 Å². The van der Waals surface area contributed by atoms with E-state index in [1.165, 1.54) is 19.3 Å². The Labute approximate surface area is 142 Å². The Morgan fingerprint density at radius 1 is 1.12 bits per heavy atom. The third kappa shape index (κ3) is 2.78. The number of nitrogen functional groups attached to an aromatic ring is 1. The molecule has 1 aromatic rings. The fourth-order valence-corrected chi connectivity index (χ4v) is 4.64. The third-order valence-corrected chi connectivity index (χ3v) is 5.85. The maximum Gasteiger partial charge on any atom is 0.317 e. The number of aromatic nitrogens is 1. The highest BCUT2D eigenvalue weighted by molar-refractivity contribution is 5.74. The number of anilines is 1. The van der Waals surface area contributed by atoms with Gasteiger partial charge in [-0.15, -0.1) is 0 Å². The lowest BCUT2D eigenvalue weighted by molar-refractivity contribution is 0.127. The van der Waals surface area contributed by atoms with E-state index in [9.17, 15) is 9.59 Å². The summed E-state index contributed by atoms with van der Waals surface area (Å²) in [5, 5.41) is 3.22. The molecule has 2 amide bonds. The van der Waals surface area contributed by atoms with Crippen LogP contribution in [-0.2, 0) is 6.54 Å². The Hall–Kier alpha value is -1.98. The van der Waals surface area contributed by atoms with Gasteiger partial charge in [-0.05, 0) is 37.3 Å². The zero-order chi connectivity index (χ0) is 16.7. The highest BCUT2D eigenvalue weighted by Gasteiger charge is 2.37. The lowest BCUT2D eigenvalue weighted by Crippen LogP contribution is -2.53. The van der Waals surface area contributed by atoms with E-state index in [-0.39, 0.29) is 17.5 Å². The van der Waals surface area contributed by atoms with E-state index in [4.69, 9.17) is 5.73 Å². The number of likely N-dealkylation sites (tertiary alicyclic amines) is 1. The molecule has 2 bridgehead atoms.